The average Bonchev–Trinajstić information content (AvgIpc) is 2.26. The summed E-state index contributed by atoms with van der Waals surface area (Å²) in [6, 6.07) is 1.73. The van der Waals surface area contributed by atoms with Crippen molar-refractivity contribution in [2.24, 2.45) is 5.41 Å². The summed E-state index contributed by atoms with van der Waals surface area (Å²) in [4.78, 5) is 10.5. The third kappa shape index (κ3) is 3.61. The molecule has 0 spiro atoms. The quantitative estimate of drug-likeness (QED) is 0.785. The molecule has 0 radical (unpaired) electrons. The molecule has 0 saturated carbocycles. The molecule has 0 unspecified atom stereocenters. The number of nitrogen functional groups attached to an aromatic ring is 1. The second kappa shape index (κ2) is 3.92. The zero-order valence-corrected chi connectivity index (χ0v) is 9.32. The van der Waals surface area contributed by atoms with Gasteiger partial charge >= 0.3 is 5.97 Å². The van der Waals surface area contributed by atoms with Crippen molar-refractivity contribution in [2.45, 2.75) is 33.7 Å². The molecule has 0 aliphatic carbocycles. The van der Waals surface area contributed by atoms with Crippen LogP contribution in [0.5, 0.6) is 0 Å². The number of anilines is 1. The highest BCUT2D eigenvalue weighted by atomic mass is 16.4. The molecule has 5 nitrogen and oxygen atoms in total. The fraction of sp³-hybridized carbons (Fsp3) is 0.600. The van der Waals surface area contributed by atoms with Crippen molar-refractivity contribution in [3.05, 3.63) is 11.8 Å². The lowest BCUT2D eigenvalue weighted by Crippen LogP contribution is -2.14. The van der Waals surface area contributed by atoms with Gasteiger partial charge in [0.1, 0.15) is 12.4 Å². The second-order valence-electron chi connectivity index (χ2n) is 4.85. The number of aliphatic carboxylic acids is 1. The highest BCUT2D eigenvalue weighted by Crippen LogP contribution is 2.20. The topological polar surface area (TPSA) is 81.1 Å². The molecule has 0 saturated heterocycles. The lowest BCUT2D eigenvalue weighted by molar-refractivity contribution is -0.137. The molecule has 0 amide bonds. The van der Waals surface area contributed by atoms with E-state index in [1.54, 1.807) is 6.07 Å². The fourth-order valence-corrected chi connectivity index (χ4v) is 1.37. The normalized spacial score (nSPS) is 11.7. The average molecular weight is 211 g/mol. The lowest BCUT2D eigenvalue weighted by Gasteiger charge is -2.15. The molecular formula is C10H17N3O2. The number of carbonyl (C=O) groups is 1. The summed E-state index contributed by atoms with van der Waals surface area (Å²) in [5, 5.41) is 12.8. The van der Waals surface area contributed by atoms with Crippen LogP contribution in [0.15, 0.2) is 6.07 Å². The number of nitrogens with two attached hydrogens (primary N) is 1. The smallest absolute Gasteiger partial charge is 0.325 e. The maximum Gasteiger partial charge on any atom is 0.325 e. The Bertz CT molecular complexity index is 363. The Labute approximate surface area is 88.9 Å². The Morgan fingerprint density at radius 2 is 2.20 bits per heavy atom. The standard InChI is InChI=1S/C10H17N3O2/c1-10(2,3)5-7-4-8(11)13(12-7)6-9(14)15/h4H,5-6,11H2,1-3H3,(H,14,15). The molecule has 1 heterocycles. The number of carboxylic acid groups (broad SMARTS) is 1. The molecule has 1 rings (SSSR count). The van der Waals surface area contributed by atoms with E-state index in [0.717, 1.165) is 12.1 Å². The van der Waals surface area contributed by atoms with Crippen LogP contribution in [0, 0.1) is 5.41 Å². The number of rotatable bonds is 3. The van der Waals surface area contributed by atoms with Crippen molar-refractivity contribution in [1.82, 2.24) is 9.78 Å². The van der Waals surface area contributed by atoms with E-state index in [1.807, 2.05) is 0 Å². The van der Waals surface area contributed by atoms with Crippen LogP contribution in [0.1, 0.15) is 26.5 Å². The van der Waals surface area contributed by atoms with Gasteiger partial charge in [-0.05, 0) is 11.8 Å². The van der Waals surface area contributed by atoms with Crippen LogP contribution in [0.4, 0.5) is 5.82 Å². The molecule has 0 bridgehead atoms. The van der Waals surface area contributed by atoms with E-state index in [1.165, 1.54) is 4.68 Å². The van der Waals surface area contributed by atoms with E-state index in [4.69, 9.17) is 10.8 Å². The summed E-state index contributed by atoms with van der Waals surface area (Å²) < 4.78 is 1.31. The maximum absolute atomic E-state index is 10.5. The molecule has 0 fully saturated rings. The number of hydrogen-bond acceptors (Lipinski definition) is 3. The van der Waals surface area contributed by atoms with E-state index in [0.29, 0.717) is 5.82 Å². The summed E-state index contributed by atoms with van der Waals surface area (Å²) >= 11 is 0. The predicted molar refractivity (Wildman–Crippen MR) is 57.4 cm³/mol. The Morgan fingerprint density at radius 1 is 1.60 bits per heavy atom. The summed E-state index contributed by atoms with van der Waals surface area (Å²) in [6.45, 7) is 6.11. The van der Waals surface area contributed by atoms with Gasteiger partial charge in [0.25, 0.3) is 0 Å². The highest BCUT2D eigenvalue weighted by molar-refractivity contribution is 5.67. The first kappa shape index (κ1) is 11.6. The van der Waals surface area contributed by atoms with Crippen LogP contribution in [0.25, 0.3) is 0 Å². The number of nitrogens with zero attached hydrogens (tertiary/aromatic N) is 2. The molecule has 84 valence electrons. The van der Waals surface area contributed by atoms with Crippen molar-refractivity contribution >= 4 is 11.8 Å². The van der Waals surface area contributed by atoms with E-state index >= 15 is 0 Å². The summed E-state index contributed by atoms with van der Waals surface area (Å²) in [6.07, 6.45) is 0.782. The van der Waals surface area contributed by atoms with Gasteiger partial charge < -0.3 is 10.8 Å². The lowest BCUT2D eigenvalue weighted by atomic mass is 9.91. The predicted octanol–water partition coefficient (Wildman–Crippen LogP) is 1.14. The maximum atomic E-state index is 10.5. The van der Waals surface area contributed by atoms with Gasteiger partial charge in [0.05, 0.1) is 5.69 Å². The third-order valence-corrected chi connectivity index (χ3v) is 1.86. The molecule has 5 heteroatoms. The highest BCUT2D eigenvalue weighted by Gasteiger charge is 2.15. The van der Waals surface area contributed by atoms with Crippen LogP contribution in [-0.4, -0.2) is 20.9 Å². The SMILES string of the molecule is CC(C)(C)Cc1cc(N)n(CC(=O)O)n1. The molecule has 3 N–H and O–H groups in total. The Morgan fingerprint density at radius 3 is 2.67 bits per heavy atom. The molecule has 0 atom stereocenters. The number of carboxylic acids is 1. The van der Waals surface area contributed by atoms with Gasteiger partial charge in [-0.2, -0.15) is 5.10 Å². The van der Waals surface area contributed by atoms with Gasteiger partial charge in [-0.25, -0.2) is 4.68 Å². The zero-order valence-electron chi connectivity index (χ0n) is 9.32. The van der Waals surface area contributed by atoms with Crippen molar-refractivity contribution in [1.29, 1.82) is 0 Å². The van der Waals surface area contributed by atoms with E-state index in [9.17, 15) is 4.79 Å². The minimum atomic E-state index is -0.938. The van der Waals surface area contributed by atoms with E-state index in [-0.39, 0.29) is 12.0 Å². The molecule has 1 aromatic heterocycles. The van der Waals surface area contributed by atoms with Crippen LogP contribution in [0.3, 0.4) is 0 Å². The van der Waals surface area contributed by atoms with E-state index in [2.05, 4.69) is 25.9 Å². The fourth-order valence-electron chi connectivity index (χ4n) is 1.37. The number of aromatic nitrogens is 2. The Hall–Kier alpha value is -1.52. The van der Waals surface area contributed by atoms with Crippen LogP contribution in [0.2, 0.25) is 0 Å². The van der Waals surface area contributed by atoms with Gasteiger partial charge in [0.15, 0.2) is 0 Å². The minimum Gasteiger partial charge on any atom is -0.480 e. The van der Waals surface area contributed by atoms with Crippen LogP contribution in [-0.2, 0) is 17.8 Å². The van der Waals surface area contributed by atoms with Gasteiger partial charge in [-0.1, -0.05) is 20.8 Å². The van der Waals surface area contributed by atoms with Gasteiger partial charge in [0, 0.05) is 6.07 Å². The molecular weight excluding hydrogens is 194 g/mol. The summed E-state index contributed by atoms with van der Waals surface area (Å²) in [7, 11) is 0. The monoisotopic (exact) mass is 211 g/mol. The van der Waals surface area contributed by atoms with Crippen molar-refractivity contribution in [2.75, 3.05) is 5.73 Å². The van der Waals surface area contributed by atoms with Crippen molar-refractivity contribution in [3.8, 4) is 0 Å². The first-order chi connectivity index (χ1) is 6.78. The summed E-state index contributed by atoms with van der Waals surface area (Å²) in [5.41, 5.74) is 6.60. The zero-order chi connectivity index (χ0) is 11.6. The van der Waals surface area contributed by atoms with Crippen molar-refractivity contribution in [3.63, 3.8) is 0 Å². The molecule has 0 aliphatic heterocycles. The van der Waals surface area contributed by atoms with Gasteiger partial charge in [-0.3, -0.25) is 4.79 Å². The van der Waals surface area contributed by atoms with E-state index < -0.39 is 5.97 Å². The summed E-state index contributed by atoms with van der Waals surface area (Å²) in [5.74, 6) is -0.538. The molecule has 0 aliphatic rings. The number of hydrogen-bond donors (Lipinski definition) is 2. The van der Waals surface area contributed by atoms with Crippen LogP contribution < -0.4 is 5.73 Å². The van der Waals surface area contributed by atoms with Gasteiger partial charge in [0.2, 0.25) is 0 Å². The molecule has 1 aromatic rings. The Kier molecular flexibility index (Phi) is 3.02. The van der Waals surface area contributed by atoms with Crippen molar-refractivity contribution < 1.29 is 9.90 Å². The largest absolute Gasteiger partial charge is 0.480 e. The van der Waals surface area contributed by atoms with Gasteiger partial charge in [-0.15, -0.1) is 0 Å². The minimum absolute atomic E-state index is 0.120. The molecule has 0 aromatic carbocycles. The van der Waals surface area contributed by atoms with Crippen LogP contribution >= 0.6 is 0 Å². The second-order valence-corrected chi connectivity index (χ2v) is 4.85. The first-order valence-electron chi connectivity index (χ1n) is 4.82. The first-order valence-corrected chi connectivity index (χ1v) is 4.82. The third-order valence-electron chi connectivity index (χ3n) is 1.86. The molecule has 15 heavy (non-hydrogen) atoms. The Balaban J connectivity index is 2.81.